The standard InChI is InChI=1S/C13H10INO2/c14-9-10-6-7-12(13(8-10)15(16)17)11-4-2-1-3-5-11/h1-8H,9H2. The highest BCUT2D eigenvalue weighted by atomic mass is 127. The second-order valence-electron chi connectivity index (χ2n) is 3.61. The van der Waals surface area contributed by atoms with Gasteiger partial charge in [-0.2, -0.15) is 0 Å². The Morgan fingerprint density at radius 3 is 2.41 bits per heavy atom. The SMILES string of the molecule is O=[N+]([O-])c1cc(CI)ccc1-c1ccccc1. The molecule has 3 nitrogen and oxygen atoms in total. The smallest absolute Gasteiger partial charge is 0.258 e. The van der Waals surface area contributed by atoms with Crippen LogP contribution < -0.4 is 0 Å². The van der Waals surface area contributed by atoms with Crippen LogP contribution in [0.4, 0.5) is 5.69 Å². The zero-order valence-corrected chi connectivity index (χ0v) is 11.1. The number of alkyl halides is 1. The summed E-state index contributed by atoms with van der Waals surface area (Å²) in [6, 6.07) is 14.8. The van der Waals surface area contributed by atoms with Gasteiger partial charge in [-0.05, 0) is 17.2 Å². The van der Waals surface area contributed by atoms with Gasteiger partial charge in [-0.1, -0.05) is 59.0 Å². The van der Waals surface area contributed by atoms with Gasteiger partial charge in [-0.15, -0.1) is 0 Å². The predicted molar refractivity (Wildman–Crippen MR) is 76.3 cm³/mol. The van der Waals surface area contributed by atoms with Gasteiger partial charge in [-0.25, -0.2) is 0 Å². The first-order chi connectivity index (χ1) is 8.22. The van der Waals surface area contributed by atoms with Crippen LogP contribution in [0.15, 0.2) is 48.5 Å². The molecule has 0 aliphatic rings. The van der Waals surface area contributed by atoms with Crippen molar-refractivity contribution in [2.24, 2.45) is 0 Å². The molecule has 2 aromatic carbocycles. The summed E-state index contributed by atoms with van der Waals surface area (Å²) in [4.78, 5) is 10.7. The van der Waals surface area contributed by atoms with Gasteiger partial charge in [0.2, 0.25) is 0 Å². The van der Waals surface area contributed by atoms with E-state index in [9.17, 15) is 10.1 Å². The Labute approximate surface area is 113 Å². The Bertz CT molecular complexity index is 540. The van der Waals surface area contributed by atoms with Crippen molar-refractivity contribution >= 4 is 28.3 Å². The number of benzene rings is 2. The number of rotatable bonds is 3. The minimum Gasteiger partial charge on any atom is -0.258 e. The van der Waals surface area contributed by atoms with Gasteiger partial charge in [0.25, 0.3) is 5.69 Å². The first-order valence-electron chi connectivity index (χ1n) is 5.11. The molecule has 0 saturated heterocycles. The normalized spacial score (nSPS) is 10.2. The van der Waals surface area contributed by atoms with Gasteiger partial charge in [-0.3, -0.25) is 10.1 Å². The monoisotopic (exact) mass is 339 g/mol. The second-order valence-corrected chi connectivity index (χ2v) is 4.37. The minimum atomic E-state index is -0.321. The number of hydrogen-bond donors (Lipinski definition) is 0. The molecule has 2 rings (SSSR count). The first-order valence-corrected chi connectivity index (χ1v) is 6.63. The van der Waals surface area contributed by atoms with E-state index in [0.29, 0.717) is 5.56 Å². The molecule has 0 unspecified atom stereocenters. The molecule has 2 aromatic rings. The van der Waals surface area contributed by atoms with E-state index in [0.717, 1.165) is 15.6 Å². The summed E-state index contributed by atoms with van der Waals surface area (Å²) < 4.78 is 0.771. The van der Waals surface area contributed by atoms with E-state index in [2.05, 4.69) is 22.6 Å². The lowest BCUT2D eigenvalue weighted by molar-refractivity contribution is -0.384. The lowest BCUT2D eigenvalue weighted by atomic mass is 10.0. The van der Waals surface area contributed by atoms with Crippen LogP contribution in [0.5, 0.6) is 0 Å². The van der Waals surface area contributed by atoms with Crippen molar-refractivity contribution in [3.63, 3.8) is 0 Å². The largest absolute Gasteiger partial charge is 0.277 e. The molecule has 0 amide bonds. The van der Waals surface area contributed by atoms with E-state index >= 15 is 0 Å². The van der Waals surface area contributed by atoms with Crippen LogP contribution in [0, 0.1) is 10.1 Å². The maximum absolute atomic E-state index is 11.1. The molecule has 0 aliphatic carbocycles. The maximum Gasteiger partial charge on any atom is 0.277 e. The van der Waals surface area contributed by atoms with Gasteiger partial charge in [0.15, 0.2) is 0 Å². The molecule has 17 heavy (non-hydrogen) atoms. The predicted octanol–water partition coefficient (Wildman–Crippen LogP) is 4.20. The molecule has 0 atom stereocenters. The Balaban J connectivity index is 2.58. The number of nitro benzene ring substituents is 1. The lowest BCUT2D eigenvalue weighted by Gasteiger charge is -2.04. The highest BCUT2D eigenvalue weighted by Gasteiger charge is 2.15. The zero-order chi connectivity index (χ0) is 12.3. The van der Waals surface area contributed by atoms with Gasteiger partial charge in [0.05, 0.1) is 10.5 Å². The summed E-state index contributed by atoms with van der Waals surface area (Å²) >= 11 is 2.20. The maximum atomic E-state index is 11.1. The van der Waals surface area contributed by atoms with Gasteiger partial charge in [0, 0.05) is 10.5 Å². The number of halogens is 1. The fraction of sp³-hybridized carbons (Fsp3) is 0.0769. The van der Waals surface area contributed by atoms with Crippen LogP contribution in [0.25, 0.3) is 11.1 Å². The van der Waals surface area contributed by atoms with Crippen molar-refractivity contribution < 1.29 is 4.92 Å². The third-order valence-electron chi connectivity index (χ3n) is 2.50. The van der Waals surface area contributed by atoms with Crippen molar-refractivity contribution in [3.8, 4) is 11.1 Å². The quantitative estimate of drug-likeness (QED) is 0.364. The van der Waals surface area contributed by atoms with Crippen LogP contribution in [-0.2, 0) is 4.43 Å². The molecule has 86 valence electrons. The van der Waals surface area contributed by atoms with E-state index in [1.807, 2.05) is 42.5 Å². The highest BCUT2D eigenvalue weighted by Crippen LogP contribution is 2.31. The van der Waals surface area contributed by atoms with Crippen molar-refractivity contribution in [2.45, 2.75) is 4.43 Å². The van der Waals surface area contributed by atoms with E-state index in [4.69, 9.17) is 0 Å². The van der Waals surface area contributed by atoms with Gasteiger partial charge in [0.1, 0.15) is 0 Å². The molecule has 0 N–H and O–H groups in total. The van der Waals surface area contributed by atoms with Crippen LogP contribution in [0.1, 0.15) is 5.56 Å². The Hall–Kier alpha value is -1.43. The molecule has 0 fully saturated rings. The average molecular weight is 339 g/mol. The molecular weight excluding hydrogens is 329 g/mol. The van der Waals surface area contributed by atoms with Crippen LogP contribution in [-0.4, -0.2) is 4.92 Å². The van der Waals surface area contributed by atoms with Crippen LogP contribution >= 0.6 is 22.6 Å². The molecule has 0 heterocycles. The molecule has 0 spiro atoms. The number of nitrogens with zero attached hydrogens (tertiary/aromatic N) is 1. The zero-order valence-electron chi connectivity index (χ0n) is 8.97. The van der Waals surface area contributed by atoms with Crippen molar-refractivity contribution in [1.29, 1.82) is 0 Å². The molecule has 0 radical (unpaired) electrons. The molecular formula is C13H10INO2. The van der Waals surface area contributed by atoms with Crippen molar-refractivity contribution in [1.82, 2.24) is 0 Å². The minimum absolute atomic E-state index is 0.172. The summed E-state index contributed by atoms with van der Waals surface area (Å²) in [6.07, 6.45) is 0. The molecule has 0 bridgehead atoms. The lowest BCUT2D eigenvalue weighted by Crippen LogP contribution is -1.93. The fourth-order valence-electron chi connectivity index (χ4n) is 1.67. The molecule has 0 aliphatic heterocycles. The number of hydrogen-bond acceptors (Lipinski definition) is 2. The Kier molecular flexibility index (Phi) is 3.73. The summed E-state index contributed by atoms with van der Waals surface area (Å²) in [6.45, 7) is 0. The van der Waals surface area contributed by atoms with Gasteiger partial charge >= 0.3 is 0 Å². The molecule has 4 heteroatoms. The van der Waals surface area contributed by atoms with E-state index in [1.54, 1.807) is 6.07 Å². The summed E-state index contributed by atoms with van der Waals surface area (Å²) in [7, 11) is 0. The summed E-state index contributed by atoms with van der Waals surface area (Å²) in [5.41, 5.74) is 2.69. The Morgan fingerprint density at radius 2 is 1.82 bits per heavy atom. The van der Waals surface area contributed by atoms with Crippen LogP contribution in [0.2, 0.25) is 0 Å². The number of nitro groups is 1. The van der Waals surface area contributed by atoms with Crippen molar-refractivity contribution in [3.05, 3.63) is 64.2 Å². The summed E-state index contributed by atoms with van der Waals surface area (Å²) in [5, 5.41) is 11.1. The van der Waals surface area contributed by atoms with Gasteiger partial charge < -0.3 is 0 Å². The third-order valence-corrected chi connectivity index (χ3v) is 3.38. The third kappa shape index (κ3) is 2.63. The van der Waals surface area contributed by atoms with E-state index < -0.39 is 0 Å². The molecule has 0 aromatic heterocycles. The van der Waals surface area contributed by atoms with E-state index in [-0.39, 0.29) is 10.6 Å². The Morgan fingerprint density at radius 1 is 1.12 bits per heavy atom. The highest BCUT2D eigenvalue weighted by molar-refractivity contribution is 14.1. The fourth-order valence-corrected chi connectivity index (χ4v) is 2.15. The first kappa shape index (κ1) is 12.0. The average Bonchev–Trinajstić information content (AvgIpc) is 2.39. The topological polar surface area (TPSA) is 43.1 Å². The van der Waals surface area contributed by atoms with Crippen LogP contribution in [0.3, 0.4) is 0 Å². The van der Waals surface area contributed by atoms with Crippen molar-refractivity contribution in [2.75, 3.05) is 0 Å². The van der Waals surface area contributed by atoms with E-state index in [1.165, 1.54) is 0 Å². The summed E-state index contributed by atoms with van der Waals surface area (Å²) in [5.74, 6) is 0. The molecule has 0 saturated carbocycles. The second kappa shape index (κ2) is 5.27.